The van der Waals surface area contributed by atoms with Gasteiger partial charge in [0.15, 0.2) is 0 Å². The summed E-state index contributed by atoms with van der Waals surface area (Å²) < 4.78 is 5.91. The minimum absolute atomic E-state index is 0.417. The molecule has 0 fully saturated rings. The van der Waals surface area contributed by atoms with E-state index in [1.165, 1.54) is 89.9 Å². The van der Waals surface area contributed by atoms with Crippen molar-refractivity contribution in [3.05, 3.63) is 12.3 Å². The molecule has 0 saturated heterocycles. The number of allylic oxidation sites excluding steroid dienone is 1. The summed E-state index contributed by atoms with van der Waals surface area (Å²) in [6.07, 6.45) is 19.3. The molecular formula is C20H40O. The highest BCUT2D eigenvalue weighted by Crippen LogP contribution is 2.18. The lowest BCUT2D eigenvalue weighted by atomic mass is 10.0. The van der Waals surface area contributed by atoms with Gasteiger partial charge < -0.3 is 4.74 Å². The highest BCUT2D eigenvalue weighted by Gasteiger charge is 2.09. The predicted octanol–water partition coefficient (Wildman–Crippen LogP) is 7.41. The van der Waals surface area contributed by atoms with Crippen molar-refractivity contribution >= 4 is 0 Å². The van der Waals surface area contributed by atoms with Gasteiger partial charge in [-0.2, -0.15) is 0 Å². The average Bonchev–Trinajstić information content (AvgIpc) is 2.45. The van der Waals surface area contributed by atoms with Crippen molar-refractivity contribution in [2.45, 2.75) is 117 Å². The van der Waals surface area contributed by atoms with Gasteiger partial charge in [-0.05, 0) is 32.6 Å². The molecule has 126 valence electrons. The number of unbranched alkanes of at least 4 members (excludes halogenated alkanes) is 10. The number of hydrogen-bond donors (Lipinski definition) is 0. The molecule has 0 saturated carbocycles. The maximum absolute atomic E-state index is 5.91. The van der Waals surface area contributed by atoms with E-state index in [4.69, 9.17) is 4.74 Å². The molecule has 1 heteroatoms. The molecule has 0 aliphatic heterocycles. The van der Waals surface area contributed by atoms with Gasteiger partial charge in [-0.15, -0.1) is 0 Å². The molecule has 1 nitrogen and oxygen atoms in total. The van der Waals surface area contributed by atoms with Gasteiger partial charge in [-0.3, -0.25) is 0 Å². The zero-order chi connectivity index (χ0) is 15.8. The third kappa shape index (κ3) is 15.7. The lowest BCUT2D eigenvalue weighted by Gasteiger charge is -2.19. The van der Waals surface area contributed by atoms with Crippen molar-refractivity contribution in [2.75, 3.05) is 0 Å². The molecule has 0 bridgehead atoms. The van der Waals surface area contributed by atoms with Crippen LogP contribution in [0, 0.1) is 0 Å². The van der Waals surface area contributed by atoms with E-state index in [1.807, 2.05) is 6.92 Å². The molecule has 21 heavy (non-hydrogen) atoms. The molecule has 0 aromatic carbocycles. The third-order valence-electron chi connectivity index (χ3n) is 4.13. The Hall–Kier alpha value is -0.460. The van der Waals surface area contributed by atoms with Crippen LogP contribution in [0.2, 0.25) is 0 Å². The van der Waals surface area contributed by atoms with E-state index in [9.17, 15) is 0 Å². The predicted molar refractivity (Wildman–Crippen MR) is 95.7 cm³/mol. The number of ether oxygens (including phenoxy) is 1. The lowest BCUT2D eigenvalue weighted by molar-refractivity contribution is 0.0974. The van der Waals surface area contributed by atoms with Crippen LogP contribution in [0.25, 0.3) is 0 Å². The molecule has 0 aliphatic carbocycles. The Bertz CT molecular complexity index is 206. The number of rotatable bonds is 16. The summed E-state index contributed by atoms with van der Waals surface area (Å²) in [5.41, 5.74) is 0. The first-order valence-corrected chi connectivity index (χ1v) is 9.52. The fraction of sp³-hybridized carbons (Fsp3) is 0.900. The summed E-state index contributed by atoms with van der Waals surface area (Å²) in [6, 6.07) is 0. The Labute approximate surface area is 134 Å². The molecule has 0 amide bonds. The SMILES string of the molecule is C=C(C)OC(CCCCCCCC)CCCCCCCC. The molecule has 0 N–H and O–H groups in total. The van der Waals surface area contributed by atoms with Gasteiger partial charge in [0, 0.05) is 0 Å². The van der Waals surface area contributed by atoms with Crippen molar-refractivity contribution in [3.63, 3.8) is 0 Å². The topological polar surface area (TPSA) is 9.23 Å². The summed E-state index contributed by atoms with van der Waals surface area (Å²) in [6.45, 7) is 10.4. The summed E-state index contributed by atoms with van der Waals surface area (Å²) >= 11 is 0. The van der Waals surface area contributed by atoms with Crippen LogP contribution in [0.15, 0.2) is 12.3 Å². The zero-order valence-corrected chi connectivity index (χ0v) is 15.1. The van der Waals surface area contributed by atoms with Gasteiger partial charge in [0.05, 0.1) is 11.9 Å². The van der Waals surface area contributed by atoms with E-state index in [1.54, 1.807) is 0 Å². The summed E-state index contributed by atoms with van der Waals surface area (Å²) in [7, 11) is 0. The number of hydrogen-bond acceptors (Lipinski definition) is 1. The van der Waals surface area contributed by atoms with Gasteiger partial charge in [-0.25, -0.2) is 0 Å². The van der Waals surface area contributed by atoms with Gasteiger partial charge in [0.25, 0.3) is 0 Å². The first-order chi connectivity index (χ1) is 10.2. The minimum atomic E-state index is 0.417. The van der Waals surface area contributed by atoms with Crippen molar-refractivity contribution in [1.29, 1.82) is 0 Å². The van der Waals surface area contributed by atoms with Crippen LogP contribution in [0.4, 0.5) is 0 Å². The quantitative estimate of drug-likeness (QED) is 0.213. The van der Waals surface area contributed by atoms with Crippen LogP contribution in [-0.2, 0) is 4.74 Å². The molecular weight excluding hydrogens is 256 g/mol. The molecule has 0 atom stereocenters. The Kier molecular flexibility index (Phi) is 15.6. The highest BCUT2D eigenvalue weighted by atomic mass is 16.5. The van der Waals surface area contributed by atoms with Crippen LogP contribution in [0.5, 0.6) is 0 Å². The van der Waals surface area contributed by atoms with Crippen LogP contribution in [0.1, 0.15) is 111 Å². The standard InChI is InChI=1S/C20H40O/c1-5-7-9-11-13-15-17-20(21-19(3)4)18-16-14-12-10-8-6-2/h20H,3,5-18H2,1-2,4H3. The van der Waals surface area contributed by atoms with Crippen LogP contribution in [0.3, 0.4) is 0 Å². The first-order valence-electron chi connectivity index (χ1n) is 9.52. The van der Waals surface area contributed by atoms with Gasteiger partial charge >= 0.3 is 0 Å². The largest absolute Gasteiger partial charge is 0.496 e. The van der Waals surface area contributed by atoms with Gasteiger partial charge in [0.1, 0.15) is 0 Å². The molecule has 0 spiro atoms. The van der Waals surface area contributed by atoms with E-state index in [2.05, 4.69) is 20.4 Å². The molecule has 0 radical (unpaired) electrons. The van der Waals surface area contributed by atoms with E-state index < -0.39 is 0 Å². The molecule has 0 rings (SSSR count). The third-order valence-corrected chi connectivity index (χ3v) is 4.13. The second-order valence-corrected chi connectivity index (χ2v) is 6.55. The van der Waals surface area contributed by atoms with E-state index >= 15 is 0 Å². The van der Waals surface area contributed by atoms with Crippen molar-refractivity contribution in [3.8, 4) is 0 Å². The van der Waals surface area contributed by atoms with Gasteiger partial charge in [-0.1, -0.05) is 84.6 Å². The average molecular weight is 297 g/mol. The van der Waals surface area contributed by atoms with Crippen LogP contribution in [-0.4, -0.2) is 6.10 Å². The summed E-state index contributed by atoms with van der Waals surface area (Å²) in [5, 5.41) is 0. The van der Waals surface area contributed by atoms with E-state index in [0.717, 1.165) is 5.76 Å². The normalized spacial score (nSPS) is 11.0. The Balaban J connectivity index is 3.64. The van der Waals surface area contributed by atoms with Crippen molar-refractivity contribution in [1.82, 2.24) is 0 Å². The lowest BCUT2D eigenvalue weighted by Crippen LogP contribution is -2.11. The maximum Gasteiger partial charge on any atom is 0.0982 e. The van der Waals surface area contributed by atoms with E-state index in [0.29, 0.717) is 6.10 Å². The van der Waals surface area contributed by atoms with Crippen LogP contribution < -0.4 is 0 Å². The van der Waals surface area contributed by atoms with Gasteiger partial charge in [0.2, 0.25) is 0 Å². The summed E-state index contributed by atoms with van der Waals surface area (Å²) in [4.78, 5) is 0. The second kappa shape index (κ2) is 15.9. The van der Waals surface area contributed by atoms with Crippen molar-refractivity contribution < 1.29 is 4.74 Å². The Morgan fingerprint density at radius 1 is 0.714 bits per heavy atom. The van der Waals surface area contributed by atoms with Crippen molar-refractivity contribution in [2.24, 2.45) is 0 Å². The van der Waals surface area contributed by atoms with E-state index in [-0.39, 0.29) is 0 Å². The molecule has 0 heterocycles. The monoisotopic (exact) mass is 296 g/mol. The highest BCUT2D eigenvalue weighted by molar-refractivity contribution is 4.77. The van der Waals surface area contributed by atoms with Crippen LogP contribution >= 0.6 is 0 Å². The summed E-state index contributed by atoms with van der Waals surface area (Å²) in [5.74, 6) is 0.886. The minimum Gasteiger partial charge on any atom is -0.496 e. The molecule has 0 aliphatic rings. The maximum atomic E-state index is 5.91. The smallest absolute Gasteiger partial charge is 0.0982 e. The second-order valence-electron chi connectivity index (χ2n) is 6.55. The Morgan fingerprint density at radius 3 is 1.48 bits per heavy atom. The molecule has 0 aromatic rings. The molecule has 0 aromatic heterocycles. The Morgan fingerprint density at radius 2 is 1.10 bits per heavy atom. The first kappa shape index (κ1) is 20.5. The molecule has 0 unspecified atom stereocenters. The fourth-order valence-electron chi connectivity index (χ4n) is 2.85. The fourth-order valence-corrected chi connectivity index (χ4v) is 2.85. The zero-order valence-electron chi connectivity index (χ0n) is 15.1.